The van der Waals surface area contributed by atoms with Crippen LogP contribution < -0.4 is 11.1 Å². The van der Waals surface area contributed by atoms with Gasteiger partial charge in [-0.2, -0.15) is 0 Å². The largest absolute Gasteiger partial charge is 0.481 e. The van der Waals surface area contributed by atoms with E-state index in [0.29, 0.717) is 31.5 Å². The zero-order valence-electron chi connectivity index (χ0n) is 28.7. The van der Waals surface area contributed by atoms with Crippen LogP contribution in [-0.2, 0) is 33.8 Å². The summed E-state index contributed by atoms with van der Waals surface area (Å²) in [6.07, 6.45) is 5.48. The van der Waals surface area contributed by atoms with Gasteiger partial charge < -0.3 is 25.6 Å². The average molecular weight is 676 g/mol. The molecule has 50 heavy (non-hydrogen) atoms. The summed E-state index contributed by atoms with van der Waals surface area (Å²) in [4.78, 5) is 58.4. The summed E-state index contributed by atoms with van der Waals surface area (Å²) < 4.78 is 1.95. The number of nitrogens with zero attached hydrogens (tertiary/aromatic N) is 3. The molecule has 0 aliphatic rings. The van der Waals surface area contributed by atoms with Gasteiger partial charge in [0.1, 0.15) is 6.04 Å². The number of hydrogen-bond donors (Lipinski definition) is 3. The number of para-hydroxylation sites is 1. The molecule has 3 amide bonds. The molecule has 0 fully saturated rings. The van der Waals surface area contributed by atoms with E-state index in [1.54, 1.807) is 17.3 Å². The molecule has 260 valence electrons. The van der Waals surface area contributed by atoms with Crippen molar-refractivity contribution in [3.8, 4) is 0 Å². The number of pyridine rings is 1. The number of aryl methyl sites for hydroxylation is 1. The Hall–Kier alpha value is -5.51. The minimum absolute atomic E-state index is 0.0602. The van der Waals surface area contributed by atoms with Gasteiger partial charge in [0.2, 0.25) is 11.8 Å². The number of carbonyl (C=O) groups excluding carboxylic acids is 3. The minimum Gasteiger partial charge on any atom is -0.481 e. The standard InChI is InChI=1S/C40H45N5O5/c1-3-20-45(32(24-37(41)46)23-28-16-18-29-21-27(4-2)15-17-30(29)22-28)40(50)35(12-9-14-38(47)48)43-39(49)34-26-44(25-31-10-7-8-19-42-31)36-13-6-5-11-33(34)36/h5-8,10-11,13,15-19,21-22,26,32,35H,3-4,9,12,14,20,23-25H2,1-2H3,(H2,41,46)(H,43,49)(H,47,48)/t32-,35-/m0/s1. The first-order valence-electron chi connectivity index (χ1n) is 17.3. The number of nitrogens with one attached hydrogen (secondary N) is 1. The second-order valence-electron chi connectivity index (χ2n) is 12.8. The van der Waals surface area contributed by atoms with Crippen LogP contribution in [0.15, 0.2) is 91.3 Å². The summed E-state index contributed by atoms with van der Waals surface area (Å²) in [6, 6.07) is 24.1. The third-order valence-corrected chi connectivity index (χ3v) is 9.05. The number of hydrogen-bond acceptors (Lipinski definition) is 5. The van der Waals surface area contributed by atoms with E-state index in [9.17, 15) is 24.3 Å². The Morgan fingerprint density at radius 1 is 0.940 bits per heavy atom. The molecule has 3 aromatic carbocycles. The summed E-state index contributed by atoms with van der Waals surface area (Å²) >= 11 is 0. The van der Waals surface area contributed by atoms with Crippen LogP contribution in [0.5, 0.6) is 0 Å². The highest BCUT2D eigenvalue weighted by atomic mass is 16.4. The molecule has 5 rings (SSSR count). The maximum atomic E-state index is 14.5. The lowest BCUT2D eigenvalue weighted by molar-refractivity contribution is -0.139. The molecule has 0 spiro atoms. The van der Waals surface area contributed by atoms with Gasteiger partial charge in [-0.25, -0.2) is 0 Å². The molecule has 2 aromatic heterocycles. The normalized spacial score (nSPS) is 12.4. The number of nitrogens with two attached hydrogens (primary N) is 1. The highest BCUT2D eigenvalue weighted by Gasteiger charge is 2.32. The van der Waals surface area contributed by atoms with Crippen LogP contribution in [0.4, 0.5) is 0 Å². The quantitative estimate of drug-likeness (QED) is 0.112. The first-order chi connectivity index (χ1) is 24.2. The number of aliphatic carboxylic acids is 1. The Bertz CT molecular complexity index is 1970. The number of benzene rings is 3. The Morgan fingerprint density at radius 3 is 2.34 bits per heavy atom. The first-order valence-corrected chi connectivity index (χ1v) is 17.3. The lowest BCUT2D eigenvalue weighted by Crippen LogP contribution is -2.53. The fourth-order valence-electron chi connectivity index (χ4n) is 6.58. The van der Waals surface area contributed by atoms with Gasteiger partial charge in [0.15, 0.2) is 0 Å². The van der Waals surface area contributed by atoms with Crippen molar-refractivity contribution in [2.45, 2.75) is 77.4 Å². The maximum absolute atomic E-state index is 14.5. The van der Waals surface area contributed by atoms with Crippen molar-refractivity contribution >= 4 is 45.4 Å². The molecule has 2 heterocycles. The highest BCUT2D eigenvalue weighted by molar-refractivity contribution is 6.08. The van der Waals surface area contributed by atoms with Gasteiger partial charge in [-0.05, 0) is 72.2 Å². The van der Waals surface area contributed by atoms with Crippen molar-refractivity contribution in [3.05, 3.63) is 114 Å². The van der Waals surface area contributed by atoms with Crippen LogP contribution in [0.25, 0.3) is 21.7 Å². The number of carboxylic acids is 1. The van der Waals surface area contributed by atoms with E-state index in [4.69, 9.17) is 5.73 Å². The number of carboxylic acid groups (broad SMARTS) is 1. The molecule has 0 saturated heterocycles. The lowest BCUT2D eigenvalue weighted by atomic mass is 9.96. The van der Waals surface area contributed by atoms with Gasteiger partial charge in [0.25, 0.3) is 5.91 Å². The van der Waals surface area contributed by atoms with Crippen LogP contribution in [-0.4, -0.2) is 61.9 Å². The van der Waals surface area contributed by atoms with Crippen molar-refractivity contribution in [1.82, 2.24) is 19.8 Å². The molecule has 0 unspecified atom stereocenters. The predicted octanol–water partition coefficient (Wildman–Crippen LogP) is 5.88. The Kier molecular flexibility index (Phi) is 12.0. The van der Waals surface area contributed by atoms with Gasteiger partial charge in [0.05, 0.1) is 17.8 Å². The van der Waals surface area contributed by atoms with Crippen LogP contribution in [0.1, 0.15) is 73.1 Å². The third kappa shape index (κ3) is 8.93. The number of amides is 3. The molecule has 10 nitrogen and oxygen atoms in total. The summed E-state index contributed by atoms with van der Waals surface area (Å²) in [7, 11) is 0. The zero-order chi connectivity index (χ0) is 35.6. The lowest BCUT2D eigenvalue weighted by Gasteiger charge is -2.34. The van der Waals surface area contributed by atoms with E-state index >= 15 is 0 Å². The number of carbonyl (C=O) groups is 4. The van der Waals surface area contributed by atoms with Gasteiger partial charge in [-0.3, -0.25) is 24.2 Å². The second kappa shape index (κ2) is 16.7. The van der Waals surface area contributed by atoms with Crippen molar-refractivity contribution in [1.29, 1.82) is 0 Å². The monoisotopic (exact) mass is 675 g/mol. The van der Waals surface area contributed by atoms with E-state index in [0.717, 1.165) is 39.4 Å². The molecule has 0 aliphatic heterocycles. The molecule has 0 saturated carbocycles. The van der Waals surface area contributed by atoms with Crippen molar-refractivity contribution in [2.24, 2.45) is 5.73 Å². The number of primary amides is 1. The molecule has 10 heteroatoms. The fraction of sp³-hybridized carbons (Fsp3) is 0.325. The number of aromatic nitrogens is 2. The van der Waals surface area contributed by atoms with Crippen LogP contribution in [0, 0.1) is 0 Å². The predicted molar refractivity (Wildman–Crippen MR) is 195 cm³/mol. The molecular formula is C40H45N5O5. The van der Waals surface area contributed by atoms with Crippen LogP contribution in [0.3, 0.4) is 0 Å². The molecular weight excluding hydrogens is 630 g/mol. The van der Waals surface area contributed by atoms with Crippen molar-refractivity contribution < 1.29 is 24.3 Å². The molecule has 2 atom stereocenters. The topological polar surface area (TPSA) is 148 Å². The SMILES string of the molecule is CCCN(C(=O)[C@H](CCCC(=O)O)NC(=O)c1cn(Cc2ccccn2)c2ccccc12)[C@H](CC(N)=O)Cc1ccc2cc(CC)ccc2c1. The van der Waals surface area contributed by atoms with Gasteiger partial charge in [-0.15, -0.1) is 0 Å². The summed E-state index contributed by atoms with van der Waals surface area (Å²) in [5.74, 6) is -2.34. The summed E-state index contributed by atoms with van der Waals surface area (Å²) in [5, 5.41) is 15.2. The minimum atomic E-state index is -1.02. The zero-order valence-corrected chi connectivity index (χ0v) is 28.7. The Balaban J connectivity index is 1.44. The second-order valence-corrected chi connectivity index (χ2v) is 12.8. The Morgan fingerprint density at radius 2 is 1.66 bits per heavy atom. The summed E-state index contributed by atoms with van der Waals surface area (Å²) in [6.45, 7) is 4.84. The van der Waals surface area contributed by atoms with Crippen molar-refractivity contribution in [3.63, 3.8) is 0 Å². The smallest absolute Gasteiger partial charge is 0.303 e. The average Bonchev–Trinajstić information content (AvgIpc) is 3.47. The van der Waals surface area contributed by atoms with Gasteiger partial charge in [-0.1, -0.05) is 74.5 Å². The number of fused-ring (bicyclic) bond motifs is 2. The molecule has 0 radical (unpaired) electrons. The molecule has 0 aliphatic carbocycles. The van der Waals surface area contributed by atoms with Gasteiger partial charge in [0, 0.05) is 48.7 Å². The molecule has 4 N–H and O–H groups in total. The van der Waals surface area contributed by atoms with Crippen molar-refractivity contribution in [2.75, 3.05) is 6.54 Å². The molecule has 0 bridgehead atoms. The van der Waals surface area contributed by atoms with E-state index < -0.39 is 29.9 Å². The van der Waals surface area contributed by atoms with Gasteiger partial charge >= 0.3 is 5.97 Å². The van der Waals surface area contributed by atoms with E-state index in [1.165, 1.54) is 5.56 Å². The highest BCUT2D eigenvalue weighted by Crippen LogP contribution is 2.25. The maximum Gasteiger partial charge on any atom is 0.303 e. The first kappa shape index (κ1) is 35.8. The van der Waals surface area contributed by atoms with Crippen LogP contribution >= 0.6 is 0 Å². The van der Waals surface area contributed by atoms with E-state index in [1.807, 2.05) is 60.0 Å². The van der Waals surface area contributed by atoms with E-state index in [-0.39, 0.29) is 31.6 Å². The third-order valence-electron chi connectivity index (χ3n) is 9.05. The van der Waals surface area contributed by atoms with E-state index in [2.05, 4.69) is 47.6 Å². The summed E-state index contributed by atoms with van der Waals surface area (Å²) in [5.41, 5.74) is 10.00. The molecule has 5 aromatic rings. The Labute approximate surface area is 292 Å². The van der Waals surface area contributed by atoms with Crippen LogP contribution in [0.2, 0.25) is 0 Å². The fourth-order valence-corrected chi connectivity index (χ4v) is 6.58. The number of rotatable bonds is 17.